The number of hydrogen-bond donors (Lipinski definition) is 1. The van der Waals surface area contributed by atoms with Crippen molar-refractivity contribution < 1.29 is 9.53 Å². The normalized spacial score (nSPS) is 12.6. The summed E-state index contributed by atoms with van der Waals surface area (Å²) >= 11 is 0. The molecule has 0 aliphatic rings. The Morgan fingerprint density at radius 2 is 2.24 bits per heavy atom. The first-order valence-electron chi connectivity index (χ1n) is 5.54. The summed E-state index contributed by atoms with van der Waals surface area (Å²) < 4.78 is 7.20. The lowest BCUT2D eigenvalue weighted by Crippen LogP contribution is -2.24. The van der Waals surface area contributed by atoms with Gasteiger partial charge in [0.15, 0.2) is 0 Å². The lowest BCUT2D eigenvalue weighted by Gasteiger charge is -2.10. The number of nitrogens with two attached hydrogens (primary N) is 1. The summed E-state index contributed by atoms with van der Waals surface area (Å²) in [5.74, 6) is 0.381. The van der Waals surface area contributed by atoms with Crippen molar-refractivity contribution in [2.75, 3.05) is 7.11 Å². The van der Waals surface area contributed by atoms with Crippen LogP contribution < -0.4 is 10.5 Å². The maximum atomic E-state index is 11.1. The van der Waals surface area contributed by atoms with Gasteiger partial charge in [0.2, 0.25) is 5.91 Å². The number of rotatable bonds is 4. The van der Waals surface area contributed by atoms with Gasteiger partial charge in [-0.3, -0.25) is 4.79 Å². The molecule has 0 bridgehead atoms. The molecule has 4 heteroatoms. The number of ether oxygens (including phenoxy) is 1. The van der Waals surface area contributed by atoms with E-state index in [0.29, 0.717) is 6.54 Å². The predicted octanol–water partition coefficient (Wildman–Crippen LogP) is 1.77. The Bertz CT molecular complexity index is 545. The van der Waals surface area contributed by atoms with Gasteiger partial charge in [-0.1, -0.05) is 6.92 Å². The van der Waals surface area contributed by atoms with E-state index in [1.165, 1.54) is 0 Å². The molecule has 0 saturated carbocycles. The molecule has 1 unspecified atom stereocenters. The Balaban J connectivity index is 2.33. The van der Waals surface area contributed by atoms with Crippen LogP contribution in [-0.2, 0) is 11.3 Å². The van der Waals surface area contributed by atoms with Gasteiger partial charge in [-0.2, -0.15) is 0 Å². The smallest absolute Gasteiger partial charge is 0.222 e. The van der Waals surface area contributed by atoms with Crippen LogP contribution in [0.1, 0.15) is 6.92 Å². The van der Waals surface area contributed by atoms with Crippen molar-refractivity contribution >= 4 is 16.8 Å². The van der Waals surface area contributed by atoms with Crippen LogP contribution in [0.25, 0.3) is 10.9 Å². The molecular formula is C13H16N2O2. The minimum Gasteiger partial charge on any atom is -0.497 e. The first kappa shape index (κ1) is 11.5. The molecule has 0 saturated heterocycles. The van der Waals surface area contributed by atoms with Crippen LogP contribution in [0, 0.1) is 5.92 Å². The van der Waals surface area contributed by atoms with Crippen LogP contribution in [0.3, 0.4) is 0 Å². The van der Waals surface area contributed by atoms with E-state index < -0.39 is 0 Å². The topological polar surface area (TPSA) is 57.2 Å². The first-order chi connectivity index (χ1) is 8.11. The molecule has 0 radical (unpaired) electrons. The maximum Gasteiger partial charge on any atom is 0.222 e. The highest BCUT2D eigenvalue weighted by Gasteiger charge is 2.11. The zero-order valence-electron chi connectivity index (χ0n) is 10.0. The average Bonchev–Trinajstić information content (AvgIpc) is 2.71. The van der Waals surface area contributed by atoms with Gasteiger partial charge in [-0.05, 0) is 24.3 Å². The van der Waals surface area contributed by atoms with Gasteiger partial charge in [0.25, 0.3) is 0 Å². The predicted molar refractivity (Wildman–Crippen MR) is 66.8 cm³/mol. The van der Waals surface area contributed by atoms with Gasteiger partial charge in [0.05, 0.1) is 13.0 Å². The molecular weight excluding hydrogens is 216 g/mol. The van der Waals surface area contributed by atoms with Crippen molar-refractivity contribution in [1.29, 1.82) is 0 Å². The molecule has 1 amide bonds. The van der Waals surface area contributed by atoms with Gasteiger partial charge in [0, 0.05) is 23.6 Å². The molecule has 0 spiro atoms. The Morgan fingerprint density at radius 1 is 1.47 bits per heavy atom. The first-order valence-corrected chi connectivity index (χ1v) is 5.54. The molecule has 0 aliphatic carbocycles. The number of carbonyl (C=O) groups is 1. The van der Waals surface area contributed by atoms with Crippen molar-refractivity contribution in [2.24, 2.45) is 11.7 Å². The van der Waals surface area contributed by atoms with Crippen molar-refractivity contribution in [3.8, 4) is 5.75 Å². The van der Waals surface area contributed by atoms with Crippen molar-refractivity contribution in [3.63, 3.8) is 0 Å². The molecule has 2 aromatic rings. The Hall–Kier alpha value is -1.97. The van der Waals surface area contributed by atoms with E-state index in [-0.39, 0.29) is 11.8 Å². The molecule has 4 nitrogen and oxygen atoms in total. The molecule has 2 N–H and O–H groups in total. The highest BCUT2D eigenvalue weighted by molar-refractivity contribution is 5.82. The SMILES string of the molecule is COc1ccc2c(ccn2CC(C)C(N)=O)c1. The number of primary amides is 1. The lowest BCUT2D eigenvalue weighted by atomic mass is 10.1. The third-order valence-electron chi connectivity index (χ3n) is 2.93. The quantitative estimate of drug-likeness (QED) is 0.873. The summed E-state index contributed by atoms with van der Waals surface area (Å²) in [7, 11) is 1.65. The summed E-state index contributed by atoms with van der Waals surface area (Å²) in [6, 6.07) is 7.88. The Morgan fingerprint density at radius 3 is 2.88 bits per heavy atom. The average molecular weight is 232 g/mol. The van der Waals surface area contributed by atoms with E-state index >= 15 is 0 Å². The lowest BCUT2D eigenvalue weighted by molar-refractivity contribution is -0.121. The van der Waals surface area contributed by atoms with Crippen LogP contribution >= 0.6 is 0 Å². The van der Waals surface area contributed by atoms with Crippen LogP contribution in [0.4, 0.5) is 0 Å². The molecule has 1 aromatic carbocycles. The van der Waals surface area contributed by atoms with E-state index in [1.54, 1.807) is 7.11 Å². The van der Waals surface area contributed by atoms with E-state index in [2.05, 4.69) is 0 Å². The third kappa shape index (κ3) is 2.25. The van der Waals surface area contributed by atoms with Gasteiger partial charge >= 0.3 is 0 Å². The summed E-state index contributed by atoms with van der Waals surface area (Å²) in [5, 5.41) is 1.10. The number of aromatic nitrogens is 1. The fourth-order valence-electron chi connectivity index (χ4n) is 1.85. The molecule has 0 aliphatic heterocycles. The Labute approximate surface area is 100.0 Å². The van der Waals surface area contributed by atoms with Crippen LogP contribution in [0.2, 0.25) is 0 Å². The van der Waals surface area contributed by atoms with E-state index in [0.717, 1.165) is 16.7 Å². The highest BCUT2D eigenvalue weighted by atomic mass is 16.5. The molecule has 90 valence electrons. The molecule has 0 fully saturated rings. The standard InChI is InChI=1S/C13H16N2O2/c1-9(13(14)16)8-15-6-5-10-7-11(17-2)3-4-12(10)15/h3-7,9H,8H2,1-2H3,(H2,14,16). The molecule has 1 aromatic heterocycles. The van der Waals surface area contributed by atoms with Crippen LogP contribution in [-0.4, -0.2) is 17.6 Å². The van der Waals surface area contributed by atoms with Crippen molar-refractivity contribution in [3.05, 3.63) is 30.5 Å². The van der Waals surface area contributed by atoms with Crippen molar-refractivity contribution in [2.45, 2.75) is 13.5 Å². The Kier molecular flexibility index (Phi) is 3.04. The van der Waals surface area contributed by atoms with E-state index in [1.807, 2.05) is 42.0 Å². The largest absolute Gasteiger partial charge is 0.497 e. The number of hydrogen-bond acceptors (Lipinski definition) is 2. The van der Waals surface area contributed by atoms with Gasteiger partial charge in [0.1, 0.15) is 5.75 Å². The number of fused-ring (bicyclic) bond motifs is 1. The summed E-state index contributed by atoms with van der Waals surface area (Å²) in [4.78, 5) is 11.1. The minimum atomic E-state index is -0.277. The van der Waals surface area contributed by atoms with Crippen LogP contribution in [0.5, 0.6) is 5.75 Å². The number of amides is 1. The van der Waals surface area contributed by atoms with Gasteiger partial charge in [-0.15, -0.1) is 0 Å². The fraction of sp³-hybridized carbons (Fsp3) is 0.308. The molecule has 2 rings (SSSR count). The second-order valence-corrected chi connectivity index (χ2v) is 4.20. The van der Waals surface area contributed by atoms with E-state index in [4.69, 9.17) is 10.5 Å². The second-order valence-electron chi connectivity index (χ2n) is 4.20. The summed E-state index contributed by atoms with van der Waals surface area (Å²) in [6.45, 7) is 2.43. The van der Waals surface area contributed by atoms with Gasteiger partial charge < -0.3 is 15.0 Å². The van der Waals surface area contributed by atoms with E-state index in [9.17, 15) is 4.79 Å². The highest BCUT2D eigenvalue weighted by Crippen LogP contribution is 2.22. The van der Waals surface area contributed by atoms with Crippen molar-refractivity contribution in [1.82, 2.24) is 4.57 Å². The molecule has 17 heavy (non-hydrogen) atoms. The number of nitrogens with zero attached hydrogens (tertiary/aromatic N) is 1. The number of carbonyl (C=O) groups excluding carboxylic acids is 1. The summed E-state index contributed by atoms with van der Waals surface area (Å²) in [5.41, 5.74) is 6.35. The zero-order valence-corrected chi connectivity index (χ0v) is 10.0. The van der Waals surface area contributed by atoms with Crippen LogP contribution in [0.15, 0.2) is 30.5 Å². The number of methoxy groups -OCH3 is 1. The minimum absolute atomic E-state index is 0.173. The molecule has 1 atom stereocenters. The monoisotopic (exact) mass is 232 g/mol. The fourth-order valence-corrected chi connectivity index (χ4v) is 1.85. The third-order valence-corrected chi connectivity index (χ3v) is 2.93. The number of benzene rings is 1. The summed E-state index contributed by atoms with van der Waals surface area (Å²) in [6.07, 6.45) is 1.96. The second kappa shape index (κ2) is 4.49. The molecule has 1 heterocycles. The zero-order chi connectivity index (χ0) is 12.4. The van der Waals surface area contributed by atoms with Gasteiger partial charge in [-0.25, -0.2) is 0 Å². The maximum absolute atomic E-state index is 11.1.